The first-order chi connectivity index (χ1) is 11.6. The molecule has 0 aromatic carbocycles. The molecular weight excluding hydrogens is 304 g/mol. The Labute approximate surface area is 144 Å². The molecule has 2 fully saturated rings. The van der Waals surface area contributed by atoms with Gasteiger partial charge in [0.1, 0.15) is 11.4 Å². The summed E-state index contributed by atoms with van der Waals surface area (Å²) < 4.78 is 5.31. The van der Waals surface area contributed by atoms with E-state index < -0.39 is 5.60 Å². The van der Waals surface area contributed by atoms with Gasteiger partial charge in [-0.3, -0.25) is 0 Å². The van der Waals surface area contributed by atoms with Crippen molar-refractivity contribution >= 4 is 5.96 Å². The van der Waals surface area contributed by atoms with Crippen LogP contribution in [0.3, 0.4) is 0 Å². The van der Waals surface area contributed by atoms with Gasteiger partial charge in [-0.25, -0.2) is 4.99 Å². The number of aliphatic imine (C=N–C) groups is 1. The fourth-order valence-corrected chi connectivity index (χ4v) is 3.28. The smallest absolute Gasteiger partial charge is 0.191 e. The van der Waals surface area contributed by atoms with Crippen LogP contribution in [0.1, 0.15) is 38.9 Å². The maximum absolute atomic E-state index is 10.5. The van der Waals surface area contributed by atoms with Gasteiger partial charge in [-0.05, 0) is 57.7 Å². The minimum absolute atomic E-state index is 0.259. The third kappa shape index (κ3) is 4.51. The van der Waals surface area contributed by atoms with E-state index in [9.17, 15) is 5.11 Å². The highest BCUT2D eigenvalue weighted by atomic mass is 16.4. The summed E-state index contributed by atoms with van der Waals surface area (Å²) in [6.45, 7) is 8.19. The quantitative estimate of drug-likeness (QED) is 0.521. The lowest BCUT2D eigenvalue weighted by molar-refractivity contribution is 0.0437. The number of nitrogens with one attached hydrogen (secondary N) is 2. The first kappa shape index (κ1) is 17.3. The minimum atomic E-state index is -1.10. The number of likely N-dealkylation sites (tertiary alicyclic amines) is 1. The van der Waals surface area contributed by atoms with E-state index in [4.69, 9.17) is 4.42 Å². The van der Waals surface area contributed by atoms with Crippen molar-refractivity contribution in [3.63, 3.8) is 0 Å². The SMILES string of the molecule is CCNC(=NCC(C)(O)c1ccco1)NCC1CCN(C2CC2)C1. The third-order valence-electron chi connectivity index (χ3n) is 4.88. The minimum Gasteiger partial charge on any atom is -0.466 e. The van der Waals surface area contributed by atoms with E-state index in [1.807, 2.05) is 6.92 Å². The van der Waals surface area contributed by atoms with Gasteiger partial charge in [-0.2, -0.15) is 0 Å². The lowest BCUT2D eigenvalue weighted by atomic mass is 10.0. The highest BCUT2D eigenvalue weighted by molar-refractivity contribution is 5.79. The molecule has 6 nitrogen and oxygen atoms in total. The molecule has 2 atom stereocenters. The summed E-state index contributed by atoms with van der Waals surface area (Å²) in [5, 5.41) is 17.2. The van der Waals surface area contributed by atoms with Gasteiger partial charge in [-0.1, -0.05) is 0 Å². The topological polar surface area (TPSA) is 73.0 Å². The molecule has 3 N–H and O–H groups in total. The summed E-state index contributed by atoms with van der Waals surface area (Å²) in [4.78, 5) is 7.16. The molecule has 0 radical (unpaired) electrons. The van der Waals surface area contributed by atoms with Crippen molar-refractivity contribution in [3.05, 3.63) is 24.2 Å². The Morgan fingerprint density at radius 2 is 2.25 bits per heavy atom. The molecule has 24 heavy (non-hydrogen) atoms. The van der Waals surface area contributed by atoms with E-state index in [2.05, 4.69) is 20.5 Å². The highest BCUT2D eigenvalue weighted by Gasteiger charge is 2.34. The monoisotopic (exact) mass is 334 g/mol. The Balaban J connectivity index is 1.50. The number of furan rings is 1. The molecule has 1 saturated heterocycles. The molecule has 1 aromatic heterocycles. The van der Waals surface area contributed by atoms with Crippen LogP contribution < -0.4 is 10.6 Å². The summed E-state index contributed by atoms with van der Waals surface area (Å²) in [7, 11) is 0. The van der Waals surface area contributed by atoms with Crippen LogP contribution in [-0.4, -0.2) is 54.7 Å². The lowest BCUT2D eigenvalue weighted by Crippen LogP contribution is -2.41. The Morgan fingerprint density at radius 3 is 2.92 bits per heavy atom. The molecule has 2 heterocycles. The van der Waals surface area contributed by atoms with Crippen molar-refractivity contribution < 1.29 is 9.52 Å². The molecule has 1 saturated carbocycles. The molecule has 1 aromatic rings. The zero-order valence-corrected chi connectivity index (χ0v) is 14.8. The van der Waals surface area contributed by atoms with Crippen LogP contribution in [0.15, 0.2) is 27.8 Å². The fourth-order valence-electron chi connectivity index (χ4n) is 3.28. The Kier molecular flexibility index (Phi) is 5.46. The molecule has 1 aliphatic carbocycles. The molecule has 134 valence electrons. The van der Waals surface area contributed by atoms with Gasteiger partial charge in [0, 0.05) is 25.7 Å². The first-order valence-corrected chi connectivity index (χ1v) is 9.11. The zero-order chi connectivity index (χ0) is 17.0. The van der Waals surface area contributed by atoms with Crippen LogP contribution in [0.2, 0.25) is 0 Å². The van der Waals surface area contributed by atoms with Crippen molar-refractivity contribution in [2.24, 2.45) is 10.9 Å². The largest absolute Gasteiger partial charge is 0.466 e. The Hall–Kier alpha value is -1.53. The molecule has 6 heteroatoms. The van der Waals surface area contributed by atoms with E-state index >= 15 is 0 Å². The van der Waals surface area contributed by atoms with E-state index in [0.717, 1.165) is 25.1 Å². The van der Waals surface area contributed by atoms with E-state index in [0.29, 0.717) is 11.7 Å². The molecule has 1 aliphatic heterocycles. The molecule has 2 unspecified atom stereocenters. The van der Waals surface area contributed by atoms with Crippen LogP contribution in [0, 0.1) is 5.92 Å². The number of hydrogen-bond donors (Lipinski definition) is 3. The van der Waals surface area contributed by atoms with Gasteiger partial charge in [0.05, 0.1) is 12.8 Å². The number of guanidine groups is 1. The summed E-state index contributed by atoms with van der Waals surface area (Å²) in [5.74, 6) is 1.98. The maximum Gasteiger partial charge on any atom is 0.191 e. The fraction of sp³-hybridized carbons (Fsp3) is 0.722. The third-order valence-corrected chi connectivity index (χ3v) is 4.88. The van der Waals surface area contributed by atoms with Gasteiger partial charge in [0.25, 0.3) is 0 Å². The van der Waals surface area contributed by atoms with Crippen LogP contribution in [-0.2, 0) is 5.60 Å². The van der Waals surface area contributed by atoms with Crippen molar-refractivity contribution in [3.8, 4) is 0 Å². The Morgan fingerprint density at radius 1 is 1.42 bits per heavy atom. The molecule has 3 rings (SSSR count). The molecule has 0 amide bonds. The van der Waals surface area contributed by atoms with Crippen LogP contribution in [0.5, 0.6) is 0 Å². The summed E-state index contributed by atoms with van der Waals surface area (Å²) >= 11 is 0. The van der Waals surface area contributed by atoms with Crippen molar-refractivity contribution in [1.82, 2.24) is 15.5 Å². The van der Waals surface area contributed by atoms with Crippen molar-refractivity contribution in [2.75, 3.05) is 32.7 Å². The number of nitrogens with zero attached hydrogens (tertiary/aromatic N) is 2. The maximum atomic E-state index is 10.5. The van der Waals surface area contributed by atoms with Gasteiger partial charge in [0.2, 0.25) is 0 Å². The molecule has 2 aliphatic rings. The second-order valence-corrected chi connectivity index (χ2v) is 7.21. The number of hydrogen-bond acceptors (Lipinski definition) is 4. The molecular formula is C18H30N4O2. The van der Waals surface area contributed by atoms with Crippen LogP contribution in [0.25, 0.3) is 0 Å². The van der Waals surface area contributed by atoms with Gasteiger partial charge in [-0.15, -0.1) is 0 Å². The van der Waals surface area contributed by atoms with Gasteiger partial charge >= 0.3 is 0 Å². The second kappa shape index (κ2) is 7.57. The van der Waals surface area contributed by atoms with Crippen molar-refractivity contribution in [1.29, 1.82) is 0 Å². The van der Waals surface area contributed by atoms with Crippen LogP contribution in [0.4, 0.5) is 0 Å². The predicted octanol–water partition coefficient (Wildman–Crippen LogP) is 1.53. The summed E-state index contributed by atoms with van der Waals surface area (Å²) in [6, 6.07) is 4.42. The van der Waals surface area contributed by atoms with Crippen LogP contribution >= 0.6 is 0 Å². The van der Waals surface area contributed by atoms with Crippen molar-refractivity contribution in [2.45, 2.75) is 44.8 Å². The summed E-state index contributed by atoms with van der Waals surface area (Å²) in [6.07, 6.45) is 5.59. The standard InChI is InChI=1S/C18H30N4O2/c1-3-19-17(21-13-18(2,23)16-5-4-10-24-16)20-11-14-8-9-22(12-14)15-6-7-15/h4-5,10,14-15,23H,3,6-9,11-13H2,1-2H3,(H2,19,20,21). The highest BCUT2D eigenvalue weighted by Crippen LogP contribution is 2.31. The lowest BCUT2D eigenvalue weighted by Gasteiger charge is -2.20. The average molecular weight is 334 g/mol. The first-order valence-electron chi connectivity index (χ1n) is 9.11. The average Bonchev–Trinajstić information content (AvgIpc) is 3.07. The molecule has 0 spiro atoms. The van der Waals surface area contributed by atoms with Gasteiger partial charge < -0.3 is 25.1 Å². The predicted molar refractivity (Wildman–Crippen MR) is 95.0 cm³/mol. The van der Waals surface area contributed by atoms with Gasteiger partial charge in [0.15, 0.2) is 5.96 Å². The van der Waals surface area contributed by atoms with E-state index in [1.54, 1.807) is 25.3 Å². The normalized spacial score (nSPS) is 24.8. The number of aliphatic hydroxyl groups is 1. The molecule has 0 bridgehead atoms. The zero-order valence-electron chi connectivity index (χ0n) is 14.8. The van der Waals surface area contributed by atoms with E-state index in [-0.39, 0.29) is 6.54 Å². The van der Waals surface area contributed by atoms with E-state index in [1.165, 1.54) is 32.4 Å². The Bertz CT molecular complexity index is 537. The number of rotatable bonds is 7. The second-order valence-electron chi connectivity index (χ2n) is 7.21. The summed E-state index contributed by atoms with van der Waals surface area (Å²) in [5.41, 5.74) is -1.10.